The number of hydrogen-bond donors (Lipinski definition) is 2. The predicted octanol–water partition coefficient (Wildman–Crippen LogP) is 7.86. The SMILES string of the molecule is COc1ccc(OC)c(C2C(=C(O)c3ccccc3)C(=N)N(c3ccc(C)c(Cl)c3)C3=C2C(=O)CC(C)(C)C3)c1. The Kier molecular flexibility index (Phi) is 7.23. The van der Waals surface area contributed by atoms with Gasteiger partial charge in [-0.15, -0.1) is 0 Å². The Labute approximate surface area is 240 Å². The number of benzene rings is 3. The summed E-state index contributed by atoms with van der Waals surface area (Å²) in [6.07, 6.45) is 0.897. The summed E-state index contributed by atoms with van der Waals surface area (Å²) in [6.45, 7) is 6.04. The molecule has 1 heterocycles. The van der Waals surface area contributed by atoms with E-state index in [1.807, 2.05) is 49.4 Å². The molecule has 0 saturated carbocycles. The smallest absolute Gasteiger partial charge is 0.162 e. The number of ketones is 1. The van der Waals surface area contributed by atoms with E-state index in [1.54, 1.807) is 43.4 Å². The average Bonchev–Trinajstić information content (AvgIpc) is 2.93. The lowest BCUT2D eigenvalue weighted by Gasteiger charge is -2.45. The van der Waals surface area contributed by atoms with E-state index in [1.165, 1.54) is 0 Å². The van der Waals surface area contributed by atoms with Crippen molar-refractivity contribution < 1.29 is 19.4 Å². The third-order valence-corrected chi connectivity index (χ3v) is 8.09. The highest BCUT2D eigenvalue weighted by Gasteiger charge is 2.47. The predicted molar refractivity (Wildman–Crippen MR) is 160 cm³/mol. The summed E-state index contributed by atoms with van der Waals surface area (Å²) < 4.78 is 11.3. The lowest BCUT2D eigenvalue weighted by molar-refractivity contribution is -0.118. The van der Waals surface area contributed by atoms with Crippen LogP contribution in [0.4, 0.5) is 5.69 Å². The standard InChI is InChI=1S/C33H33ClN2O4/c1-19-11-12-21(15-24(19)34)36-25-17-33(2,3)18-26(37)29(25)28(23-16-22(39-4)13-14-27(23)40-5)30(32(36)35)31(38)20-9-7-6-8-10-20/h6-16,28,35,38H,17-18H2,1-5H3. The van der Waals surface area contributed by atoms with Gasteiger partial charge in [-0.25, -0.2) is 0 Å². The second-order valence-electron chi connectivity index (χ2n) is 11.1. The molecule has 206 valence electrons. The van der Waals surface area contributed by atoms with Crippen molar-refractivity contribution >= 4 is 34.7 Å². The van der Waals surface area contributed by atoms with Gasteiger partial charge in [-0.2, -0.15) is 0 Å². The highest BCUT2D eigenvalue weighted by atomic mass is 35.5. The fourth-order valence-electron chi connectivity index (χ4n) is 5.75. The first-order valence-corrected chi connectivity index (χ1v) is 13.6. The molecule has 40 heavy (non-hydrogen) atoms. The Bertz CT molecular complexity index is 1570. The Balaban J connectivity index is 1.90. The van der Waals surface area contributed by atoms with Crippen LogP contribution in [0.15, 0.2) is 83.6 Å². The van der Waals surface area contributed by atoms with Crippen LogP contribution in [0.2, 0.25) is 5.02 Å². The first kappa shape index (κ1) is 27.5. The average molecular weight is 557 g/mol. The van der Waals surface area contributed by atoms with Crippen molar-refractivity contribution in [3.05, 3.63) is 105 Å². The van der Waals surface area contributed by atoms with Crippen LogP contribution in [-0.4, -0.2) is 30.9 Å². The Morgan fingerprint density at radius 1 is 1.02 bits per heavy atom. The van der Waals surface area contributed by atoms with Gasteiger partial charge in [0.25, 0.3) is 0 Å². The van der Waals surface area contributed by atoms with E-state index in [0.29, 0.717) is 57.3 Å². The molecule has 6 nitrogen and oxygen atoms in total. The van der Waals surface area contributed by atoms with E-state index in [9.17, 15) is 15.3 Å². The molecule has 1 unspecified atom stereocenters. The molecular formula is C33H33ClN2O4. The lowest BCUT2D eigenvalue weighted by atomic mass is 9.67. The van der Waals surface area contributed by atoms with Crippen molar-refractivity contribution in [3.8, 4) is 11.5 Å². The third-order valence-electron chi connectivity index (χ3n) is 7.69. The molecule has 2 N–H and O–H groups in total. The van der Waals surface area contributed by atoms with Crippen LogP contribution in [0.3, 0.4) is 0 Å². The number of allylic oxidation sites excluding steroid dienone is 2. The molecule has 1 aliphatic heterocycles. The summed E-state index contributed by atoms with van der Waals surface area (Å²) in [5.41, 5.74) is 4.00. The summed E-state index contributed by atoms with van der Waals surface area (Å²) >= 11 is 6.56. The van der Waals surface area contributed by atoms with Gasteiger partial charge in [0.05, 0.1) is 20.1 Å². The molecule has 3 aromatic rings. The molecule has 1 aliphatic carbocycles. The van der Waals surface area contributed by atoms with Gasteiger partial charge in [0.1, 0.15) is 23.1 Å². The quantitative estimate of drug-likeness (QED) is 0.312. The fraction of sp³-hybridized carbons (Fsp3) is 0.273. The number of hydrogen-bond acceptors (Lipinski definition) is 5. The third kappa shape index (κ3) is 4.77. The van der Waals surface area contributed by atoms with Crippen molar-refractivity contribution in [3.63, 3.8) is 0 Å². The zero-order valence-corrected chi connectivity index (χ0v) is 24.1. The van der Waals surface area contributed by atoms with Gasteiger partial charge in [0.2, 0.25) is 0 Å². The van der Waals surface area contributed by atoms with E-state index < -0.39 is 5.92 Å². The van der Waals surface area contributed by atoms with Crippen LogP contribution >= 0.6 is 11.6 Å². The number of carbonyl (C=O) groups excluding carboxylic acids is 1. The van der Waals surface area contributed by atoms with Gasteiger partial charge < -0.3 is 14.6 Å². The largest absolute Gasteiger partial charge is 0.507 e. The minimum atomic E-state index is -0.756. The minimum absolute atomic E-state index is 0.0322. The molecule has 5 rings (SSSR count). The lowest BCUT2D eigenvalue weighted by Crippen LogP contribution is -2.45. The number of rotatable bonds is 5. The highest BCUT2D eigenvalue weighted by Crippen LogP contribution is 2.53. The second-order valence-corrected chi connectivity index (χ2v) is 11.5. The number of carbonyl (C=O) groups is 1. The Morgan fingerprint density at radius 3 is 2.40 bits per heavy atom. The minimum Gasteiger partial charge on any atom is -0.507 e. The maximum absolute atomic E-state index is 14.1. The highest BCUT2D eigenvalue weighted by molar-refractivity contribution is 6.32. The molecule has 7 heteroatoms. The Morgan fingerprint density at radius 2 is 1.75 bits per heavy atom. The first-order valence-electron chi connectivity index (χ1n) is 13.2. The van der Waals surface area contributed by atoms with Gasteiger partial charge >= 0.3 is 0 Å². The maximum Gasteiger partial charge on any atom is 0.162 e. The number of anilines is 1. The van der Waals surface area contributed by atoms with Crippen molar-refractivity contribution in [1.82, 2.24) is 0 Å². The number of methoxy groups -OCH3 is 2. The van der Waals surface area contributed by atoms with Gasteiger partial charge in [-0.05, 0) is 54.7 Å². The number of ether oxygens (including phenoxy) is 2. The molecule has 0 radical (unpaired) electrons. The zero-order chi connectivity index (χ0) is 28.8. The normalized spacial score (nSPS) is 19.9. The number of aliphatic hydroxyl groups is 1. The summed E-state index contributed by atoms with van der Waals surface area (Å²) in [4.78, 5) is 15.9. The van der Waals surface area contributed by atoms with Crippen molar-refractivity contribution in [2.24, 2.45) is 5.41 Å². The van der Waals surface area contributed by atoms with Crippen LogP contribution in [0.25, 0.3) is 5.76 Å². The number of nitrogens with zero attached hydrogens (tertiary/aromatic N) is 1. The molecule has 0 aromatic heterocycles. The van der Waals surface area contributed by atoms with E-state index in [2.05, 4.69) is 13.8 Å². The summed E-state index contributed by atoms with van der Waals surface area (Å²) in [5, 5.41) is 22.0. The molecular weight excluding hydrogens is 524 g/mol. The topological polar surface area (TPSA) is 82.8 Å². The number of halogens is 1. The fourth-order valence-corrected chi connectivity index (χ4v) is 5.92. The van der Waals surface area contributed by atoms with Crippen molar-refractivity contribution in [2.45, 2.75) is 39.5 Å². The van der Waals surface area contributed by atoms with E-state index in [-0.39, 0.29) is 22.8 Å². The van der Waals surface area contributed by atoms with Gasteiger partial charge in [0.15, 0.2) is 5.78 Å². The van der Waals surface area contributed by atoms with Gasteiger partial charge in [-0.1, -0.05) is 61.8 Å². The van der Waals surface area contributed by atoms with Gasteiger partial charge in [-0.3, -0.25) is 15.1 Å². The summed E-state index contributed by atoms with van der Waals surface area (Å²) in [6, 6.07) is 20.1. The van der Waals surface area contributed by atoms with Gasteiger partial charge in [0, 0.05) is 45.1 Å². The number of aryl methyl sites for hydroxylation is 1. The summed E-state index contributed by atoms with van der Waals surface area (Å²) in [7, 11) is 3.15. The second kappa shape index (κ2) is 10.5. The molecule has 2 aliphatic rings. The van der Waals surface area contributed by atoms with Crippen LogP contribution in [0.5, 0.6) is 11.5 Å². The number of aliphatic hydroxyl groups excluding tert-OH is 1. The van der Waals surface area contributed by atoms with Crippen LogP contribution in [-0.2, 0) is 4.79 Å². The molecule has 3 aromatic carbocycles. The van der Waals surface area contributed by atoms with Crippen LogP contribution in [0, 0.1) is 17.7 Å². The number of nitrogens with one attached hydrogen (secondary N) is 1. The molecule has 1 atom stereocenters. The molecule has 0 bridgehead atoms. The maximum atomic E-state index is 14.1. The molecule has 0 fully saturated rings. The van der Waals surface area contributed by atoms with Crippen molar-refractivity contribution in [2.75, 3.05) is 19.1 Å². The number of Topliss-reactive ketones (excluding diaryl/α,β-unsaturated/α-hetero) is 1. The molecule has 0 spiro atoms. The van der Waals surface area contributed by atoms with E-state index >= 15 is 0 Å². The monoisotopic (exact) mass is 556 g/mol. The number of amidine groups is 1. The Hall–Kier alpha value is -4.03. The van der Waals surface area contributed by atoms with Crippen molar-refractivity contribution in [1.29, 1.82) is 5.41 Å². The van der Waals surface area contributed by atoms with E-state index in [4.69, 9.17) is 21.1 Å². The van der Waals surface area contributed by atoms with E-state index in [0.717, 1.165) is 11.3 Å². The molecule has 0 amide bonds. The first-order chi connectivity index (χ1) is 19.1. The molecule has 0 saturated heterocycles. The zero-order valence-electron chi connectivity index (χ0n) is 23.3. The summed E-state index contributed by atoms with van der Waals surface area (Å²) in [5.74, 6) is 0.324. The van der Waals surface area contributed by atoms with Crippen LogP contribution in [0.1, 0.15) is 49.3 Å². The van der Waals surface area contributed by atoms with Crippen LogP contribution < -0.4 is 14.4 Å².